The summed E-state index contributed by atoms with van der Waals surface area (Å²) in [6.45, 7) is 5.85. The number of fused-ring (bicyclic) bond motifs is 1. The van der Waals surface area contributed by atoms with Gasteiger partial charge in [-0.05, 0) is 72.1 Å². The first-order valence-corrected chi connectivity index (χ1v) is 8.31. The number of benzene rings is 1. The fourth-order valence-corrected chi connectivity index (χ4v) is 2.96. The first-order chi connectivity index (χ1) is 11.4. The highest BCUT2D eigenvalue weighted by molar-refractivity contribution is 9.10. The Morgan fingerprint density at radius 1 is 1.21 bits per heavy atom. The molecule has 0 aliphatic carbocycles. The molecule has 2 heterocycles. The van der Waals surface area contributed by atoms with Crippen molar-refractivity contribution in [3.63, 3.8) is 0 Å². The number of amides is 1. The number of nitrogens with one attached hydrogen (secondary N) is 2. The number of ether oxygens (including phenoxy) is 1. The largest absolute Gasteiger partial charge is 0.497 e. The smallest absolute Gasteiger partial charge is 0.273 e. The summed E-state index contributed by atoms with van der Waals surface area (Å²) in [5, 5.41) is 3.82. The van der Waals surface area contributed by atoms with Crippen LogP contribution in [0, 0.1) is 20.8 Å². The Hall–Kier alpha value is -2.34. The molecule has 0 aliphatic heterocycles. The number of carbonyl (C=O) groups is 1. The zero-order chi connectivity index (χ0) is 17.4. The zero-order valence-corrected chi connectivity index (χ0v) is 15.5. The normalized spacial score (nSPS) is 10.9. The molecule has 124 valence electrons. The lowest BCUT2D eigenvalue weighted by Gasteiger charge is -2.12. The van der Waals surface area contributed by atoms with Gasteiger partial charge in [0.2, 0.25) is 0 Å². The fourth-order valence-electron chi connectivity index (χ4n) is 2.57. The highest BCUT2D eigenvalue weighted by Gasteiger charge is 2.15. The molecule has 0 radical (unpaired) electrons. The topological polar surface area (TPSA) is 67.0 Å². The maximum absolute atomic E-state index is 12.6. The number of H-pyrrole nitrogens is 1. The Morgan fingerprint density at radius 3 is 2.67 bits per heavy atom. The average Bonchev–Trinajstić information content (AvgIpc) is 3.00. The predicted molar refractivity (Wildman–Crippen MR) is 99.0 cm³/mol. The molecule has 5 nitrogen and oxygen atoms in total. The highest BCUT2D eigenvalue weighted by Crippen LogP contribution is 2.27. The summed E-state index contributed by atoms with van der Waals surface area (Å²) in [6, 6.07) is 7.44. The third kappa shape index (κ3) is 2.89. The highest BCUT2D eigenvalue weighted by atomic mass is 79.9. The van der Waals surface area contributed by atoms with Crippen molar-refractivity contribution in [2.75, 3.05) is 12.4 Å². The molecular formula is C18H18BrN3O2. The molecule has 2 aromatic heterocycles. The number of aryl methyl sites for hydroxylation is 1. The predicted octanol–water partition coefficient (Wildman–Crippen LogP) is 4.51. The molecule has 2 N–H and O–H groups in total. The molecule has 0 unspecified atom stereocenters. The van der Waals surface area contributed by atoms with E-state index < -0.39 is 0 Å². The maximum atomic E-state index is 12.6. The minimum Gasteiger partial charge on any atom is -0.497 e. The first-order valence-electron chi connectivity index (χ1n) is 7.52. The van der Waals surface area contributed by atoms with Crippen molar-refractivity contribution >= 4 is 38.6 Å². The lowest BCUT2D eigenvalue weighted by molar-refractivity contribution is 0.102. The fraction of sp³-hybridized carbons (Fsp3) is 0.222. The quantitative estimate of drug-likeness (QED) is 0.694. The number of aromatic nitrogens is 2. The van der Waals surface area contributed by atoms with Crippen molar-refractivity contribution in [3.05, 3.63) is 51.3 Å². The van der Waals surface area contributed by atoms with Crippen LogP contribution in [-0.2, 0) is 0 Å². The van der Waals surface area contributed by atoms with Gasteiger partial charge in [0.15, 0.2) is 0 Å². The molecule has 0 saturated heterocycles. The number of carbonyl (C=O) groups excluding carboxylic acids is 1. The van der Waals surface area contributed by atoms with Crippen molar-refractivity contribution in [1.82, 2.24) is 9.97 Å². The van der Waals surface area contributed by atoms with E-state index in [4.69, 9.17) is 4.74 Å². The summed E-state index contributed by atoms with van der Waals surface area (Å²) in [5.41, 5.74) is 4.22. The molecule has 0 atom stereocenters. The molecule has 24 heavy (non-hydrogen) atoms. The summed E-state index contributed by atoms with van der Waals surface area (Å²) in [6.07, 6.45) is 0. The van der Waals surface area contributed by atoms with Crippen LogP contribution in [0.5, 0.6) is 5.75 Å². The molecule has 1 amide bonds. The number of pyridine rings is 1. The third-order valence-corrected chi connectivity index (χ3v) is 5.32. The van der Waals surface area contributed by atoms with Crippen LogP contribution in [0.4, 0.5) is 5.82 Å². The van der Waals surface area contributed by atoms with Crippen LogP contribution >= 0.6 is 15.9 Å². The van der Waals surface area contributed by atoms with Crippen LogP contribution in [0.15, 0.2) is 28.7 Å². The van der Waals surface area contributed by atoms with Gasteiger partial charge in [-0.25, -0.2) is 4.98 Å². The summed E-state index contributed by atoms with van der Waals surface area (Å²) >= 11 is 3.52. The van der Waals surface area contributed by atoms with Crippen LogP contribution in [-0.4, -0.2) is 23.0 Å². The van der Waals surface area contributed by atoms with Gasteiger partial charge >= 0.3 is 0 Å². The number of aromatic amines is 1. The standard InChI is InChI=1S/C18H18BrN3O2/c1-9-10(2)17(20-11(3)16(9)19)22-18(23)15-8-12-7-13(24-4)5-6-14(12)21-15/h5-8,21H,1-4H3,(H,20,22,23). The Bertz CT molecular complexity index is 947. The van der Waals surface area contributed by atoms with Crippen molar-refractivity contribution in [2.45, 2.75) is 20.8 Å². The third-order valence-electron chi connectivity index (χ3n) is 4.15. The Morgan fingerprint density at radius 2 is 1.96 bits per heavy atom. The monoisotopic (exact) mass is 387 g/mol. The minimum absolute atomic E-state index is 0.220. The number of hydrogen-bond acceptors (Lipinski definition) is 3. The van der Waals surface area contributed by atoms with Gasteiger partial charge in [0.05, 0.1) is 12.8 Å². The Labute approximate surface area is 148 Å². The van der Waals surface area contributed by atoms with Crippen LogP contribution in [0.2, 0.25) is 0 Å². The molecular weight excluding hydrogens is 370 g/mol. The van der Waals surface area contributed by atoms with Crippen LogP contribution in [0.1, 0.15) is 27.3 Å². The van der Waals surface area contributed by atoms with Gasteiger partial charge in [-0.15, -0.1) is 0 Å². The number of halogens is 1. The van der Waals surface area contributed by atoms with Crippen molar-refractivity contribution < 1.29 is 9.53 Å². The molecule has 0 spiro atoms. The van der Waals surface area contributed by atoms with E-state index in [1.54, 1.807) is 13.2 Å². The summed E-state index contributed by atoms with van der Waals surface area (Å²) < 4.78 is 6.18. The number of nitrogens with zero attached hydrogens (tertiary/aromatic N) is 1. The molecule has 0 fully saturated rings. The second-order valence-electron chi connectivity index (χ2n) is 5.70. The Balaban J connectivity index is 1.93. The van der Waals surface area contributed by atoms with Gasteiger partial charge < -0.3 is 15.0 Å². The van der Waals surface area contributed by atoms with E-state index >= 15 is 0 Å². The zero-order valence-electron chi connectivity index (χ0n) is 14.0. The average molecular weight is 388 g/mol. The van der Waals surface area contributed by atoms with E-state index in [1.165, 1.54) is 0 Å². The molecule has 0 saturated carbocycles. The van der Waals surface area contributed by atoms with E-state index in [2.05, 4.69) is 31.2 Å². The second-order valence-corrected chi connectivity index (χ2v) is 6.49. The lowest BCUT2D eigenvalue weighted by atomic mass is 10.1. The summed E-state index contributed by atoms with van der Waals surface area (Å²) in [4.78, 5) is 20.2. The SMILES string of the molecule is COc1ccc2[nH]c(C(=O)Nc3nc(C)c(Br)c(C)c3C)cc2c1. The van der Waals surface area contributed by atoms with Gasteiger partial charge in [0.1, 0.15) is 17.3 Å². The lowest BCUT2D eigenvalue weighted by Crippen LogP contribution is -2.15. The van der Waals surface area contributed by atoms with Crippen LogP contribution in [0.3, 0.4) is 0 Å². The van der Waals surface area contributed by atoms with E-state index in [9.17, 15) is 4.79 Å². The van der Waals surface area contributed by atoms with Crippen molar-refractivity contribution in [3.8, 4) is 5.75 Å². The minimum atomic E-state index is -0.220. The molecule has 6 heteroatoms. The van der Waals surface area contributed by atoms with Gasteiger partial charge in [0.25, 0.3) is 5.91 Å². The maximum Gasteiger partial charge on any atom is 0.273 e. The Kier molecular flexibility index (Phi) is 4.32. The van der Waals surface area contributed by atoms with Crippen molar-refractivity contribution in [2.24, 2.45) is 0 Å². The molecule has 3 rings (SSSR count). The van der Waals surface area contributed by atoms with E-state index in [0.29, 0.717) is 11.5 Å². The molecule has 3 aromatic rings. The number of hydrogen-bond donors (Lipinski definition) is 2. The van der Waals surface area contributed by atoms with Gasteiger partial charge in [0, 0.05) is 15.4 Å². The van der Waals surface area contributed by atoms with Crippen molar-refractivity contribution in [1.29, 1.82) is 0 Å². The van der Waals surface area contributed by atoms with Gasteiger partial charge in [-0.3, -0.25) is 4.79 Å². The van der Waals surface area contributed by atoms with Crippen LogP contribution < -0.4 is 10.1 Å². The molecule has 0 bridgehead atoms. The summed E-state index contributed by atoms with van der Waals surface area (Å²) in [5.74, 6) is 1.11. The summed E-state index contributed by atoms with van der Waals surface area (Å²) in [7, 11) is 1.62. The number of anilines is 1. The van der Waals surface area contributed by atoms with Gasteiger partial charge in [-0.2, -0.15) is 0 Å². The van der Waals surface area contributed by atoms with Gasteiger partial charge in [-0.1, -0.05) is 0 Å². The first kappa shape index (κ1) is 16.5. The number of rotatable bonds is 3. The number of methoxy groups -OCH3 is 1. The van der Waals surface area contributed by atoms with E-state index in [1.807, 2.05) is 39.0 Å². The van der Waals surface area contributed by atoms with E-state index in [0.717, 1.165) is 37.9 Å². The molecule has 0 aliphatic rings. The van der Waals surface area contributed by atoms with E-state index in [-0.39, 0.29) is 5.91 Å². The second kappa shape index (κ2) is 6.28. The van der Waals surface area contributed by atoms with Crippen LogP contribution in [0.25, 0.3) is 10.9 Å². The molecule has 1 aromatic carbocycles.